The molecule has 1 aromatic carbocycles. The number of anilines is 1. The predicted octanol–water partition coefficient (Wildman–Crippen LogP) is 3.94. The molecule has 0 aliphatic carbocycles. The van der Waals surface area contributed by atoms with Crippen molar-refractivity contribution in [1.29, 1.82) is 0 Å². The number of nitrogens with one attached hydrogen (secondary N) is 2. The van der Waals surface area contributed by atoms with Crippen molar-refractivity contribution in [3.63, 3.8) is 0 Å². The molecular weight excluding hydrogens is 344 g/mol. The van der Waals surface area contributed by atoms with Gasteiger partial charge in [-0.25, -0.2) is 15.0 Å². The molecule has 3 aromatic heterocycles. The van der Waals surface area contributed by atoms with E-state index in [0.29, 0.717) is 6.04 Å². The maximum atomic E-state index is 4.78. The fourth-order valence-corrected chi connectivity index (χ4v) is 4.71. The third-order valence-corrected chi connectivity index (χ3v) is 6.07. The number of fused-ring (bicyclic) bond motifs is 4. The molecule has 0 saturated heterocycles. The summed E-state index contributed by atoms with van der Waals surface area (Å²) in [6.07, 6.45) is 3.02. The number of aromatic nitrogens is 5. The molecule has 7 heteroatoms. The molecule has 0 bridgehead atoms. The van der Waals surface area contributed by atoms with Crippen molar-refractivity contribution >= 4 is 39.6 Å². The zero-order valence-corrected chi connectivity index (χ0v) is 15.6. The quantitative estimate of drug-likeness (QED) is 0.574. The summed E-state index contributed by atoms with van der Waals surface area (Å²) in [6, 6.07) is 8.82. The minimum absolute atomic E-state index is 0.424. The Morgan fingerprint density at radius 2 is 2.15 bits per heavy atom. The van der Waals surface area contributed by atoms with E-state index in [1.165, 1.54) is 16.5 Å². The lowest BCUT2D eigenvalue weighted by atomic mass is 10.1. The fraction of sp³-hybridized carbons (Fsp3) is 0.316. The first kappa shape index (κ1) is 15.7. The van der Waals surface area contributed by atoms with Gasteiger partial charge in [-0.2, -0.15) is 0 Å². The average molecular weight is 364 g/mol. The van der Waals surface area contributed by atoms with Crippen molar-refractivity contribution in [2.75, 3.05) is 17.6 Å². The topological polar surface area (TPSA) is 71.4 Å². The lowest BCUT2D eigenvalue weighted by Crippen LogP contribution is -2.09. The fourth-order valence-electron chi connectivity index (χ4n) is 3.61. The summed E-state index contributed by atoms with van der Waals surface area (Å²) in [5.74, 6) is 2.67. The van der Waals surface area contributed by atoms with Crippen LogP contribution in [0.2, 0.25) is 0 Å². The highest BCUT2D eigenvalue weighted by Crippen LogP contribution is 2.37. The van der Waals surface area contributed by atoms with Gasteiger partial charge in [0, 0.05) is 35.4 Å². The van der Waals surface area contributed by atoms with Gasteiger partial charge in [0.05, 0.1) is 0 Å². The zero-order valence-electron chi connectivity index (χ0n) is 14.8. The van der Waals surface area contributed by atoms with Crippen LogP contribution in [-0.4, -0.2) is 36.8 Å². The second-order valence-corrected chi connectivity index (χ2v) is 7.74. The van der Waals surface area contributed by atoms with Gasteiger partial charge in [0.15, 0.2) is 22.1 Å². The molecule has 1 atom stereocenters. The van der Waals surface area contributed by atoms with Crippen LogP contribution in [0.15, 0.2) is 35.6 Å². The highest BCUT2D eigenvalue weighted by Gasteiger charge is 2.26. The summed E-state index contributed by atoms with van der Waals surface area (Å²) in [6.45, 7) is 4.96. The number of imidazole rings is 1. The van der Waals surface area contributed by atoms with E-state index in [4.69, 9.17) is 4.98 Å². The van der Waals surface area contributed by atoms with E-state index in [1.807, 2.05) is 6.92 Å². The van der Waals surface area contributed by atoms with Crippen LogP contribution in [0.25, 0.3) is 22.1 Å². The van der Waals surface area contributed by atoms with Crippen LogP contribution in [-0.2, 0) is 6.42 Å². The second kappa shape index (κ2) is 6.02. The first-order valence-corrected chi connectivity index (χ1v) is 9.87. The van der Waals surface area contributed by atoms with Crippen LogP contribution in [0.1, 0.15) is 24.4 Å². The summed E-state index contributed by atoms with van der Waals surface area (Å²) >= 11 is 1.79. The summed E-state index contributed by atoms with van der Waals surface area (Å²) in [7, 11) is 0. The Morgan fingerprint density at radius 1 is 1.27 bits per heavy atom. The van der Waals surface area contributed by atoms with Gasteiger partial charge in [-0.15, -0.1) is 0 Å². The summed E-state index contributed by atoms with van der Waals surface area (Å²) < 4.78 is 2.24. The number of benzene rings is 1. The van der Waals surface area contributed by atoms with E-state index in [2.05, 4.69) is 62.2 Å². The molecule has 0 radical (unpaired) electrons. The van der Waals surface area contributed by atoms with E-state index < -0.39 is 0 Å². The van der Waals surface area contributed by atoms with Crippen molar-refractivity contribution in [2.45, 2.75) is 31.5 Å². The van der Waals surface area contributed by atoms with Crippen LogP contribution in [0.3, 0.4) is 0 Å². The van der Waals surface area contributed by atoms with Crippen molar-refractivity contribution in [1.82, 2.24) is 24.5 Å². The molecule has 5 rings (SSSR count). The third kappa shape index (κ3) is 2.46. The monoisotopic (exact) mass is 364 g/mol. The number of hydrogen-bond acceptors (Lipinski definition) is 5. The first-order valence-electron chi connectivity index (χ1n) is 8.89. The van der Waals surface area contributed by atoms with Crippen LogP contribution in [0, 0.1) is 6.92 Å². The molecule has 0 amide bonds. The molecule has 0 unspecified atom stereocenters. The number of hydrogen-bond donors (Lipinski definition) is 2. The molecule has 1 aliphatic heterocycles. The standard InChI is InChI=1S/C19H20N6S/c1-11-10-26-19-24-16-17(22-12(2)23-18(16)25(11)19)20-8-7-13-9-21-15-6-4-3-5-14(13)15/h3-6,9,11,21H,7-8,10H2,1-2H3,(H,20,22,23)/t11-/m1/s1. The molecule has 0 fully saturated rings. The Bertz CT molecular complexity index is 1110. The molecule has 4 aromatic rings. The molecule has 2 N–H and O–H groups in total. The van der Waals surface area contributed by atoms with Crippen molar-refractivity contribution < 1.29 is 0 Å². The predicted molar refractivity (Wildman–Crippen MR) is 106 cm³/mol. The van der Waals surface area contributed by atoms with Gasteiger partial charge in [-0.1, -0.05) is 30.0 Å². The number of rotatable bonds is 4. The molecule has 6 nitrogen and oxygen atoms in total. The van der Waals surface area contributed by atoms with Crippen molar-refractivity contribution in [3.8, 4) is 0 Å². The highest BCUT2D eigenvalue weighted by atomic mass is 32.2. The van der Waals surface area contributed by atoms with Gasteiger partial charge < -0.3 is 10.3 Å². The number of para-hydroxylation sites is 1. The van der Waals surface area contributed by atoms with Gasteiger partial charge in [0.2, 0.25) is 0 Å². The first-order chi connectivity index (χ1) is 12.7. The van der Waals surface area contributed by atoms with Gasteiger partial charge in [-0.3, -0.25) is 4.57 Å². The number of aromatic amines is 1. The van der Waals surface area contributed by atoms with Crippen molar-refractivity contribution in [2.24, 2.45) is 0 Å². The lowest BCUT2D eigenvalue weighted by Gasteiger charge is -2.09. The van der Waals surface area contributed by atoms with E-state index in [-0.39, 0.29) is 0 Å². The molecule has 4 heterocycles. The minimum Gasteiger partial charge on any atom is -0.368 e. The maximum absolute atomic E-state index is 4.78. The number of aryl methyl sites for hydroxylation is 1. The molecule has 0 spiro atoms. The third-order valence-electron chi connectivity index (χ3n) is 4.88. The van der Waals surface area contributed by atoms with E-state index in [0.717, 1.165) is 46.7 Å². The van der Waals surface area contributed by atoms with Crippen LogP contribution in [0.5, 0.6) is 0 Å². The SMILES string of the molecule is Cc1nc(NCCc2c[nH]c3ccccc23)c2nc3n(c2n1)[C@H](C)CS3. The lowest BCUT2D eigenvalue weighted by molar-refractivity contribution is 0.596. The number of thioether (sulfide) groups is 1. The molecule has 132 valence electrons. The Balaban J connectivity index is 1.42. The van der Waals surface area contributed by atoms with Gasteiger partial charge in [-0.05, 0) is 31.9 Å². The minimum atomic E-state index is 0.424. The van der Waals surface area contributed by atoms with E-state index in [9.17, 15) is 0 Å². The smallest absolute Gasteiger partial charge is 0.170 e. The normalized spacial score (nSPS) is 16.5. The van der Waals surface area contributed by atoms with Crippen LogP contribution >= 0.6 is 11.8 Å². The van der Waals surface area contributed by atoms with Crippen LogP contribution in [0.4, 0.5) is 5.82 Å². The van der Waals surface area contributed by atoms with E-state index in [1.54, 1.807) is 11.8 Å². The Kier molecular flexibility index (Phi) is 3.63. The Labute approximate surface area is 155 Å². The molecule has 1 aliphatic rings. The Morgan fingerprint density at radius 3 is 3.08 bits per heavy atom. The highest BCUT2D eigenvalue weighted by molar-refractivity contribution is 7.99. The van der Waals surface area contributed by atoms with Gasteiger partial charge >= 0.3 is 0 Å². The van der Waals surface area contributed by atoms with Gasteiger partial charge in [0.1, 0.15) is 5.82 Å². The van der Waals surface area contributed by atoms with Crippen LogP contribution < -0.4 is 5.32 Å². The number of nitrogens with zero attached hydrogens (tertiary/aromatic N) is 4. The second-order valence-electron chi connectivity index (χ2n) is 6.75. The van der Waals surface area contributed by atoms with Crippen molar-refractivity contribution in [3.05, 3.63) is 41.9 Å². The molecule has 0 saturated carbocycles. The summed E-state index contributed by atoms with van der Waals surface area (Å²) in [5.41, 5.74) is 4.31. The summed E-state index contributed by atoms with van der Waals surface area (Å²) in [5, 5.41) is 5.82. The van der Waals surface area contributed by atoms with Gasteiger partial charge in [0.25, 0.3) is 0 Å². The largest absolute Gasteiger partial charge is 0.368 e. The number of H-pyrrole nitrogens is 1. The van der Waals surface area contributed by atoms with E-state index >= 15 is 0 Å². The summed E-state index contributed by atoms with van der Waals surface area (Å²) in [4.78, 5) is 17.4. The zero-order chi connectivity index (χ0) is 17.7. The maximum Gasteiger partial charge on any atom is 0.170 e. The molecule has 26 heavy (non-hydrogen) atoms. The Hall–Kier alpha value is -2.54. The average Bonchev–Trinajstić information content (AvgIpc) is 3.31. The molecular formula is C19H20N6S.